The van der Waals surface area contributed by atoms with E-state index < -0.39 is 0 Å². The summed E-state index contributed by atoms with van der Waals surface area (Å²) in [4.78, 5) is 24.1. The monoisotopic (exact) mass is 480 g/mol. The molecule has 1 atom stereocenters. The molecule has 11 nitrogen and oxygen atoms in total. The first-order valence-corrected chi connectivity index (χ1v) is 12.2. The fraction of sp³-hybridized carbons (Fsp3) is 0.500. The Hall–Kier alpha value is -3.28. The molecule has 1 unspecified atom stereocenters. The van der Waals surface area contributed by atoms with Crippen LogP contribution < -0.4 is 20.9 Å². The molecule has 2 fully saturated rings. The molecule has 0 bridgehead atoms. The molecule has 4 N–H and O–H groups in total. The second-order valence-electron chi connectivity index (χ2n) is 8.99. The summed E-state index contributed by atoms with van der Waals surface area (Å²) in [7, 11) is 0. The number of amides is 2. The third-order valence-electron chi connectivity index (χ3n) is 6.43. The van der Waals surface area contributed by atoms with E-state index in [1.807, 2.05) is 30.5 Å². The number of rotatable bonds is 6. The summed E-state index contributed by atoms with van der Waals surface area (Å²) in [5.41, 5.74) is 2.35. The first-order valence-electron chi connectivity index (χ1n) is 12.2. The average molecular weight is 481 g/mol. The number of fused-ring (bicyclic) bond motifs is 1. The lowest BCUT2D eigenvalue weighted by molar-refractivity contribution is 0.0530. The standard InChI is InChI=1S/C24H32N8O3/c1-16-15-31(11-13-35-16)22-20-14-27-32(19-6-8-25-9-7-19)23(20)30-21(29-22)17-2-4-18(5-3-17)28-24(34)26-10-12-33/h2-5,14,16,19,25,33H,6-13,15H2,1H3,(H2,26,28,34). The van der Waals surface area contributed by atoms with Gasteiger partial charge in [-0.3, -0.25) is 0 Å². The largest absolute Gasteiger partial charge is 0.395 e. The van der Waals surface area contributed by atoms with Gasteiger partial charge in [-0.1, -0.05) is 0 Å². The van der Waals surface area contributed by atoms with Crippen molar-refractivity contribution in [2.75, 3.05) is 56.2 Å². The van der Waals surface area contributed by atoms with Crippen LogP contribution in [0.1, 0.15) is 25.8 Å². The van der Waals surface area contributed by atoms with Gasteiger partial charge in [0.15, 0.2) is 11.5 Å². The molecule has 0 saturated carbocycles. The number of hydrogen-bond donors (Lipinski definition) is 4. The molecular formula is C24H32N8O3. The number of aromatic nitrogens is 4. The van der Waals surface area contributed by atoms with Crippen LogP contribution in [0.2, 0.25) is 0 Å². The van der Waals surface area contributed by atoms with Gasteiger partial charge < -0.3 is 30.7 Å². The van der Waals surface area contributed by atoms with Gasteiger partial charge in [0, 0.05) is 30.9 Å². The Balaban J connectivity index is 1.50. The van der Waals surface area contributed by atoms with Gasteiger partial charge >= 0.3 is 6.03 Å². The van der Waals surface area contributed by atoms with Crippen molar-refractivity contribution in [3.05, 3.63) is 30.5 Å². The predicted molar refractivity (Wildman–Crippen MR) is 134 cm³/mol. The topological polar surface area (TPSA) is 129 Å². The molecule has 0 radical (unpaired) electrons. The molecule has 5 rings (SSSR count). The zero-order valence-electron chi connectivity index (χ0n) is 19.9. The number of carbonyl (C=O) groups is 1. The summed E-state index contributed by atoms with van der Waals surface area (Å²) < 4.78 is 7.83. The maximum absolute atomic E-state index is 11.9. The molecule has 35 heavy (non-hydrogen) atoms. The van der Waals surface area contributed by atoms with Crippen LogP contribution >= 0.6 is 0 Å². The van der Waals surface area contributed by atoms with Gasteiger partial charge in [0.1, 0.15) is 5.82 Å². The predicted octanol–water partition coefficient (Wildman–Crippen LogP) is 1.76. The molecular weight excluding hydrogens is 448 g/mol. The maximum Gasteiger partial charge on any atom is 0.319 e. The molecule has 2 saturated heterocycles. The van der Waals surface area contributed by atoms with Crippen LogP contribution in [0.25, 0.3) is 22.4 Å². The Morgan fingerprint density at radius 1 is 1.23 bits per heavy atom. The zero-order valence-corrected chi connectivity index (χ0v) is 19.9. The van der Waals surface area contributed by atoms with E-state index in [0.717, 1.165) is 61.4 Å². The number of nitrogens with one attached hydrogen (secondary N) is 3. The van der Waals surface area contributed by atoms with Crippen molar-refractivity contribution in [2.45, 2.75) is 31.9 Å². The van der Waals surface area contributed by atoms with Crippen LogP contribution in [0, 0.1) is 0 Å². The highest BCUT2D eigenvalue weighted by Gasteiger charge is 2.25. The molecule has 2 aromatic heterocycles. The molecule has 2 amide bonds. The quantitative estimate of drug-likeness (QED) is 0.420. The van der Waals surface area contributed by atoms with Gasteiger partial charge in [-0.05, 0) is 57.1 Å². The Morgan fingerprint density at radius 2 is 2.03 bits per heavy atom. The fourth-order valence-electron chi connectivity index (χ4n) is 4.66. The summed E-state index contributed by atoms with van der Waals surface area (Å²) in [5.74, 6) is 1.50. The molecule has 1 aromatic carbocycles. The van der Waals surface area contributed by atoms with Crippen LogP contribution in [0.3, 0.4) is 0 Å². The number of benzene rings is 1. The van der Waals surface area contributed by atoms with E-state index in [1.54, 1.807) is 0 Å². The van der Waals surface area contributed by atoms with Gasteiger partial charge in [0.05, 0.1) is 36.9 Å². The maximum atomic E-state index is 11.9. The zero-order chi connectivity index (χ0) is 24.2. The molecule has 4 heterocycles. The molecule has 11 heteroatoms. The second-order valence-corrected chi connectivity index (χ2v) is 8.99. The highest BCUT2D eigenvalue weighted by Crippen LogP contribution is 2.32. The normalized spacial score (nSPS) is 19.1. The fourth-order valence-corrected chi connectivity index (χ4v) is 4.66. The van der Waals surface area contributed by atoms with Crippen molar-refractivity contribution in [3.63, 3.8) is 0 Å². The summed E-state index contributed by atoms with van der Waals surface area (Å²) >= 11 is 0. The summed E-state index contributed by atoms with van der Waals surface area (Å²) in [6, 6.07) is 7.39. The van der Waals surface area contributed by atoms with Crippen molar-refractivity contribution in [3.8, 4) is 11.4 Å². The minimum absolute atomic E-state index is 0.107. The van der Waals surface area contributed by atoms with Crippen molar-refractivity contribution in [1.29, 1.82) is 0 Å². The molecule has 2 aliphatic rings. The lowest BCUT2D eigenvalue weighted by Crippen LogP contribution is -2.41. The van der Waals surface area contributed by atoms with E-state index in [9.17, 15) is 4.79 Å². The lowest BCUT2D eigenvalue weighted by atomic mass is 10.1. The van der Waals surface area contributed by atoms with Crippen molar-refractivity contribution in [1.82, 2.24) is 30.4 Å². The van der Waals surface area contributed by atoms with E-state index in [2.05, 4.69) is 32.5 Å². The third-order valence-corrected chi connectivity index (χ3v) is 6.43. The van der Waals surface area contributed by atoms with Gasteiger partial charge in [0.25, 0.3) is 0 Å². The summed E-state index contributed by atoms with van der Waals surface area (Å²) in [5, 5.41) is 23.3. The number of morpholine rings is 1. The highest BCUT2D eigenvalue weighted by molar-refractivity contribution is 5.90. The minimum atomic E-state index is -0.362. The molecule has 2 aliphatic heterocycles. The van der Waals surface area contributed by atoms with E-state index in [-0.39, 0.29) is 25.3 Å². The van der Waals surface area contributed by atoms with E-state index in [0.29, 0.717) is 24.2 Å². The Morgan fingerprint density at radius 3 is 2.77 bits per heavy atom. The Labute approximate surface area is 203 Å². The second kappa shape index (κ2) is 10.5. The Bertz CT molecular complexity index is 1160. The number of urea groups is 1. The van der Waals surface area contributed by atoms with Gasteiger partial charge in [-0.15, -0.1) is 0 Å². The number of nitrogens with zero attached hydrogens (tertiary/aromatic N) is 5. The average Bonchev–Trinajstić information content (AvgIpc) is 3.32. The third kappa shape index (κ3) is 5.21. The van der Waals surface area contributed by atoms with Crippen molar-refractivity contribution >= 4 is 28.6 Å². The van der Waals surface area contributed by atoms with Crippen LogP contribution in [0.4, 0.5) is 16.3 Å². The van der Waals surface area contributed by atoms with Crippen LogP contribution in [-0.4, -0.2) is 82.9 Å². The summed E-state index contributed by atoms with van der Waals surface area (Å²) in [6.07, 6.45) is 4.05. The number of aliphatic hydroxyl groups excluding tert-OH is 1. The number of anilines is 2. The summed E-state index contributed by atoms with van der Waals surface area (Å²) in [6.45, 7) is 6.29. The SMILES string of the molecule is CC1CN(c2nc(-c3ccc(NC(=O)NCCO)cc3)nc3c2cnn3C2CCNCC2)CCO1. The number of carbonyl (C=O) groups excluding carboxylic acids is 1. The first-order chi connectivity index (χ1) is 17.1. The van der Waals surface area contributed by atoms with Crippen LogP contribution in [0.5, 0.6) is 0 Å². The number of aliphatic hydroxyl groups is 1. The molecule has 0 aliphatic carbocycles. The van der Waals surface area contributed by atoms with Gasteiger partial charge in [-0.2, -0.15) is 5.10 Å². The van der Waals surface area contributed by atoms with Gasteiger partial charge in [0.2, 0.25) is 0 Å². The van der Waals surface area contributed by atoms with E-state index >= 15 is 0 Å². The lowest BCUT2D eigenvalue weighted by Gasteiger charge is -2.32. The van der Waals surface area contributed by atoms with Crippen LogP contribution in [0.15, 0.2) is 30.5 Å². The first kappa shape index (κ1) is 23.5. The Kier molecular flexibility index (Phi) is 7.07. The van der Waals surface area contributed by atoms with Crippen molar-refractivity contribution < 1.29 is 14.6 Å². The van der Waals surface area contributed by atoms with E-state index in [4.69, 9.17) is 24.9 Å². The van der Waals surface area contributed by atoms with Gasteiger partial charge in [-0.25, -0.2) is 19.4 Å². The number of hydrogen-bond acceptors (Lipinski definition) is 8. The molecule has 3 aromatic rings. The van der Waals surface area contributed by atoms with E-state index in [1.165, 1.54) is 0 Å². The minimum Gasteiger partial charge on any atom is -0.395 e. The number of piperidine rings is 1. The number of ether oxygens (including phenoxy) is 1. The van der Waals surface area contributed by atoms with Crippen molar-refractivity contribution in [2.24, 2.45) is 0 Å². The smallest absolute Gasteiger partial charge is 0.319 e. The molecule has 0 spiro atoms. The van der Waals surface area contributed by atoms with Crippen LogP contribution in [-0.2, 0) is 4.74 Å². The molecule has 186 valence electrons. The highest BCUT2D eigenvalue weighted by atomic mass is 16.5.